The second kappa shape index (κ2) is 15.7. The molecule has 0 unspecified atom stereocenters. The van der Waals surface area contributed by atoms with E-state index in [1.54, 1.807) is 11.1 Å². The number of aromatic nitrogens is 1. The number of hydrogen-bond donors (Lipinski definition) is 2. The van der Waals surface area contributed by atoms with Crippen LogP contribution in [-0.4, -0.2) is 141 Å². The number of carbonyl (C=O) groups is 3. The zero-order valence-electron chi connectivity index (χ0n) is 30.7. The number of anilines is 1. The third-order valence-corrected chi connectivity index (χ3v) is 10.9. The minimum Gasteiger partial charge on any atom is -0.508 e. The molecule has 0 radical (unpaired) electrons. The summed E-state index contributed by atoms with van der Waals surface area (Å²) in [6.45, 7) is 10.9. The summed E-state index contributed by atoms with van der Waals surface area (Å²) in [5, 5.41) is 15.7. The monoisotopic (exact) mass is 743 g/mol. The summed E-state index contributed by atoms with van der Waals surface area (Å²) in [7, 11) is 2.15. The molecule has 7 rings (SSSR count). The van der Waals surface area contributed by atoms with Crippen LogP contribution in [0, 0.1) is 11.6 Å². The van der Waals surface area contributed by atoms with Crippen LogP contribution in [0.15, 0.2) is 73.3 Å². The van der Waals surface area contributed by atoms with Crippen molar-refractivity contribution in [3.8, 4) is 5.75 Å². The largest absolute Gasteiger partial charge is 0.508 e. The number of phenols is 1. The van der Waals surface area contributed by atoms with Crippen LogP contribution >= 0.6 is 0 Å². The summed E-state index contributed by atoms with van der Waals surface area (Å²) >= 11 is 0. The van der Waals surface area contributed by atoms with Crippen molar-refractivity contribution < 1.29 is 28.3 Å². The number of hydrazine groups is 1. The van der Waals surface area contributed by atoms with E-state index in [9.17, 15) is 19.5 Å². The van der Waals surface area contributed by atoms with Gasteiger partial charge < -0.3 is 30.0 Å². The lowest BCUT2D eigenvalue weighted by Gasteiger charge is -2.55. The van der Waals surface area contributed by atoms with Crippen molar-refractivity contribution in [3.05, 3.63) is 102 Å². The molecule has 0 aliphatic carbocycles. The molecular weight excluding hydrogens is 696 g/mol. The summed E-state index contributed by atoms with van der Waals surface area (Å²) < 4.78 is 30.4. The molecule has 15 heteroatoms. The Labute approximate surface area is 314 Å². The molecule has 54 heavy (non-hydrogen) atoms. The van der Waals surface area contributed by atoms with Crippen molar-refractivity contribution in [3.63, 3.8) is 0 Å². The smallest absolute Gasteiger partial charge is 0.334 e. The first-order chi connectivity index (χ1) is 26.0. The maximum absolute atomic E-state index is 15.2. The summed E-state index contributed by atoms with van der Waals surface area (Å²) in [5.74, 6) is -2.92. The SMILES string of the molecule is C=CCN1CC(=O)N2[C@@H](Cc3c(F)cc(O)cc3F)C(=O)N(Cc3cccc(N4CC(N5CCN(C)C[C@@H]5C)C4)n3)C[C@@H]2N1C(=O)NCc1ccccc1. The lowest BCUT2D eigenvalue weighted by atomic mass is 9.97. The molecule has 13 nitrogen and oxygen atoms in total. The van der Waals surface area contributed by atoms with Gasteiger partial charge in [0.15, 0.2) is 0 Å². The molecule has 2 N–H and O–H groups in total. The highest BCUT2D eigenvalue weighted by Gasteiger charge is 2.51. The highest BCUT2D eigenvalue weighted by Crippen LogP contribution is 2.32. The Balaban J connectivity index is 1.16. The van der Waals surface area contributed by atoms with Crippen LogP contribution in [0.2, 0.25) is 0 Å². The van der Waals surface area contributed by atoms with Gasteiger partial charge in [-0.05, 0) is 31.7 Å². The second-order valence-corrected chi connectivity index (χ2v) is 14.6. The predicted octanol–water partition coefficient (Wildman–Crippen LogP) is 2.63. The Kier molecular flexibility index (Phi) is 10.8. The molecule has 0 spiro atoms. The molecular formula is C39H47F2N9O4. The van der Waals surface area contributed by atoms with E-state index in [2.05, 4.69) is 40.6 Å². The van der Waals surface area contributed by atoms with Crippen LogP contribution in [0.25, 0.3) is 0 Å². The number of pyridine rings is 1. The Morgan fingerprint density at radius 2 is 1.76 bits per heavy atom. The number of likely N-dealkylation sites (N-methyl/N-ethyl adjacent to an activating group) is 1. The molecule has 0 bridgehead atoms. The van der Waals surface area contributed by atoms with Crippen LogP contribution in [0.1, 0.15) is 23.7 Å². The topological polar surface area (TPSA) is 119 Å². The van der Waals surface area contributed by atoms with Gasteiger partial charge in [0.1, 0.15) is 35.4 Å². The highest BCUT2D eigenvalue weighted by molar-refractivity contribution is 5.91. The third-order valence-electron chi connectivity index (χ3n) is 10.9. The fourth-order valence-electron chi connectivity index (χ4n) is 8.15. The Morgan fingerprint density at radius 3 is 2.46 bits per heavy atom. The Morgan fingerprint density at radius 1 is 1.02 bits per heavy atom. The minimum atomic E-state index is -1.36. The van der Waals surface area contributed by atoms with Crippen molar-refractivity contribution in [1.29, 1.82) is 0 Å². The number of amides is 4. The van der Waals surface area contributed by atoms with Gasteiger partial charge >= 0.3 is 6.03 Å². The van der Waals surface area contributed by atoms with Crippen molar-refractivity contribution in [2.75, 3.05) is 64.3 Å². The zero-order chi connectivity index (χ0) is 38.1. The third kappa shape index (κ3) is 7.61. The van der Waals surface area contributed by atoms with Gasteiger partial charge in [-0.25, -0.2) is 28.6 Å². The number of rotatable bonds is 10. The van der Waals surface area contributed by atoms with Crippen molar-refractivity contribution in [2.45, 2.75) is 50.7 Å². The number of fused-ring (bicyclic) bond motifs is 1. The van der Waals surface area contributed by atoms with Gasteiger partial charge in [-0.1, -0.05) is 42.5 Å². The molecule has 0 saturated carbocycles. The van der Waals surface area contributed by atoms with E-state index in [1.165, 1.54) is 14.8 Å². The number of urea groups is 1. The van der Waals surface area contributed by atoms with E-state index in [0.717, 1.165) is 56.2 Å². The fraction of sp³-hybridized carbons (Fsp3) is 0.436. The number of carbonyl (C=O) groups excluding carboxylic acids is 3. The number of nitrogens with one attached hydrogen (secondary N) is 1. The van der Waals surface area contributed by atoms with Crippen LogP contribution in [-0.2, 0) is 29.1 Å². The lowest BCUT2D eigenvalue weighted by Crippen LogP contribution is -2.76. The minimum absolute atomic E-state index is 0.0376. The lowest BCUT2D eigenvalue weighted by molar-refractivity contribution is -0.189. The van der Waals surface area contributed by atoms with Gasteiger partial charge in [0, 0.05) is 82.0 Å². The Bertz CT molecular complexity index is 1860. The molecule has 4 aliphatic rings. The van der Waals surface area contributed by atoms with E-state index in [4.69, 9.17) is 4.98 Å². The molecule has 2 aromatic carbocycles. The number of aromatic hydroxyl groups is 1. The van der Waals surface area contributed by atoms with Gasteiger partial charge in [-0.3, -0.25) is 14.5 Å². The van der Waals surface area contributed by atoms with E-state index < -0.39 is 59.4 Å². The van der Waals surface area contributed by atoms with Gasteiger partial charge in [0.2, 0.25) is 11.8 Å². The number of phenolic OH excluding ortho intramolecular Hbond substituents is 1. The fourth-order valence-corrected chi connectivity index (χ4v) is 8.15. The molecule has 4 saturated heterocycles. The average Bonchev–Trinajstić information content (AvgIpc) is 3.11. The number of piperazine rings is 2. The average molecular weight is 744 g/mol. The maximum atomic E-state index is 15.2. The second-order valence-electron chi connectivity index (χ2n) is 14.6. The van der Waals surface area contributed by atoms with Crippen molar-refractivity contribution in [1.82, 2.24) is 39.9 Å². The summed E-state index contributed by atoms with van der Waals surface area (Å²) in [6, 6.07) is 15.6. The number of halogens is 2. The molecule has 5 heterocycles. The van der Waals surface area contributed by atoms with Gasteiger partial charge in [0.05, 0.1) is 25.3 Å². The van der Waals surface area contributed by atoms with Crippen LogP contribution in [0.4, 0.5) is 19.4 Å². The van der Waals surface area contributed by atoms with Crippen LogP contribution in [0.3, 0.4) is 0 Å². The van der Waals surface area contributed by atoms with Gasteiger partial charge in [0.25, 0.3) is 0 Å². The molecule has 4 aliphatic heterocycles. The number of hydrogen-bond acceptors (Lipinski definition) is 9. The standard InChI is InChI=1S/C39H47F2N9O4/c1-4-13-47-25-37(52)49-34(18-31-32(40)16-30(51)17-33(31)41)38(53)46(24-36(49)50(47)39(54)42-19-27-9-6-5-7-10-27)21-28-11-8-12-35(43-28)45-22-29(23-45)48-15-14-44(3)20-26(48)2/h4-12,16-17,26,29,34,36,51H,1,13-15,18-25H2,2-3H3,(H,42,54)/t26-,34-,36-/m0/s1. The van der Waals surface area contributed by atoms with Crippen LogP contribution in [0.5, 0.6) is 5.75 Å². The first-order valence-corrected chi connectivity index (χ1v) is 18.4. The van der Waals surface area contributed by atoms with E-state index in [1.807, 2.05) is 48.5 Å². The summed E-state index contributed by atoms with van der Waals surface area (Å²) in [6.07, 6.45) is 0.0484. The van der Waals surface area contributed by atoms with E-state index >= 15 is 8.78 Å². The predicted molar refractivity (Wildman–Crippen MR) is 198 cm³/mol. The first kappa shape index (κ1) is 37.2. The molecule has 1 aromatic heterocycles. The highest BCUT2D eigenvalue weighted by atomic mass is 19.1. The first-order valence-electron chi connectivity index (χ1n) is 18.4. The Hall–Kier alpha value is -5.12. The van der Waals surface area contributed by atoms with E-state index in [0.29, 0.717) is 17.8 Å². The number of nitrogens with zero attached hydrogens (tertiary/aromatic N) is 8. The van der Waals surface area contributed by atoms with E-state index in [-0.39, 0.29) is 32.7 Å². The number of benzene rings is 2. The summed E-state index contributed by atoms with van der Waals surface area (Å²) in [4.78, 5) is 57.2. The van der Waals surface area contributed by atoms with Crippen molar-refractivity contribution >= 4 is 23.7 Å². The molecule has 3 aromatic rings. The molecule has 4 amide bonds. The molecule has 3 atom stereocenters. The van der Waals surface area contributed by atoms with Crippen molar-refractivity contribution in [2.24, 2.45) is 0 Å². The van der Waals surface area contributed by atoms with Gasteiger partial charge in [-0.2, -0.15) is 0 Å². The molecule has 286 valence electrons. The summed E-state index contributed by atoms with van der Waals surface area (Å²) in [5.41, 5.74) is 1.01. The van der Waals surface area contributed by atoms with Crippen LogP contribution < -0.4 is 10.2 Å². The normalized spacial score (nSPS) is 23.0. The van der Waals surface area contributed by atoms with Gasteiger partial charge in [-0.15, -0.1) is 6.58 Å². The zero-order valence-corrected chi connectivity index (χ0v) is 30.7. The molecule has 4 fully saturated rings. The maximum Gasteiger partial charge on any atom is 0.334 e. The quantitative estimate of drug-likeness (QED) is 0.303.